The van der Waals surface area contributed by atoms with Gasteiger partial charge in [-0.2, -0.15) is 0 Å². The Kier molecular flexibility index (Phi) is 4.29. The standard InChI is InChI=1S/C13H10FNO5S/c1-20-13(17)9-3-2-7(14)4-10(9)11-5-8(6-16)21-12(11)15(18)19/h2-5,16H,6H2,1H3. The predicted octanol–water partition coefficient (Wildman–Crippen LogP) is 2.74. The van der Waals surface area contributed by atoms with Crippen LogP contribution in [0.4, 0.5) is 9.39 Å². The lowest BCUT2D eigenvalue weighted by molar-refractivity contribution is -0.379. The number of aliphatic hydroxyl groups excluding tert-OH is 1. The molecule has 0 atom stereocenters. The van der Waals surface area contributed by atoms with Crippen LogP contribution in [0.15, 0.2) is 24.3 Å². The van der Waals surface area contributed by atoms with Gasteiger partial charge in [-0.05, 0) is 24.3 Å². The molecule has 0 saturated heterocycles. The van der Waals surface area contributed by atoms with E-state index in [1.165, 1.54) is 12.1 Å². The van der Waals surface area contributed by atoms with Crippen molar-refractivity contribution in [3.8, 4) is 11.1 Å². The van der Waals surface area contributed by atoms with Gasteiger partial charge < -0.3 is 9.84 Å². The van der Waals surface area contributed by atoms with E-state index in [1.807, 2.05) is 0 Å². The van der Waals surface area contributed by atoms with Crippen molar-refractivity contribution in [2.24, 2.45) is 0 Å². The minimum Gasteiger partial charge on any atom is -0.465 e. The Labute approximate surface area is 122 Å². The zero-order valence-electron chi connectivity index (χ0n) is 10.8. The van der Waals surface area contributed by atoms with Crippen LogP contribution in [-0.2, 0) is 11.3 Å². The number of aliphatic hydroxyl groups is 1. The van der Waals surface area contributed by atoms with Gasteiger partial charge in [-0.3, -0.25) is 10.1 Å². The van der Waals surface area contributed by atoms with Gasteiger partial charge in [0.2, 0.25) is 0 Å². The monoisotopic (exact) mass is 311 g/mol. The average Bonchev–Trinajstić information content (AvgIpc) is 2.90. The third-order valence-electron chi connectivity index (χ3n) is 2.76. The largest absolute Gasteiger partial charge is 0.465 e. The van der Waals surface area contributed by atoms with Crippen LogP contribution in [0.5, 0.6) is 0 Å². The van der Waals surface area contributed by atoms with Gasteiger partial charge >= 0.3 is 11.0 Å². The lowest BCUT2D eigenvalue weighted by Gasteiger charge is -2.06. The van der Waals surface area contributed by atoms with E-state index in [9.17, 15) is 19.3 Å². The molecule has 2 rings (SSSR count). The number of nitro groups is 1. The van der Waals surface area contributed by atoms with Gasteiger partial charge in [-0.25, -0.2) is 9.18 Å². The first-order valence-corrected chi connectivity index (χ1v) is 6.55. The van der Waals surface area contributed by atoms with Gasteiger partial charge in [0.1, 0.15) is 5.82 Å². The molecular formula is C13H10FNO5S. The van der Waals surface area contributed by atoms with Gasteiger partial charge in [-0.15, -0.1) is 0 Å². The highest BCUT2D eigenvalue weighted by atomic mass is 32.1. The van der Waals surface area contributed by atoms with Crippen LogP contribution in [0, 0.1) is 15.9 Å². The number of carbonyl (C=O) groups is 1. The number of rotatable bonds is 4. The van der Waals surface area contributed by atoms with Crippen molar-refractivity contribution >= 4 is 22.3 Å². The SMILES string of the molecule is COC(=O)c1ccc(F)cc1-c1cc(CO)sc1[N+](=O)[O-]. The van der Waals surface area contributed by atoms with Crippen LogP contribution in [0.3, 0.4) is 0 Å². The molecule has 0 bridgehead atoms. The van der Waals surface area contributed by atoms with Crippen molar-refractivity contribution < 1.29 is 24.0 Å². The molecule has 0 aliphatic carbocycles. The van der Waals surface area contributed by atoms with Gasteiger partial charge in [0.15, 0.2) is 0 Å². The van der Waals surface area contributed by atoms with Gasteiger partial charge in [0, 0.05) is 10.4 Å². The molecular weight excluding hydrogens is 301 g/mol. The average molecular weight is 311 g/mol. The van der Waals surface area contributed by atoms with E-state index < -0.39 is 16.7 Å². The number of halogens is 1. The zero-order valence-corrected chi connectivity index (χ0v) is 11.6. The Morgan fingerprint density at radius 2 is 2.14 bits per heavy atom. The van der Waals surface area contributed by atoms with Gasteiger partial charge in [0.05, 0.1) is 29.8 Å². The lowest BCUT2D eigenvalue weighted by atomic mass is 10.0. The fraction of sp³-hybridized carbons (Fsp3) is 0.154. The molecule has 0 fully saturated rings. The normalized spacial score (nSPS) is 10.4. The summed E-state index contributed by atoms with van der Waals surface area (Å²) in [6, 6.07) is 4.67. The summed E-state index contributed by atoms with van der Waals surface area (Å²) in [5.74, 6) is -1.36. The molecule has 1 aromatic carbocycles. The number of esters is 1. The number of hydrogen-bond donors (Lipinski definition) is 1. The number of methoxy groups -OCH3 is 1. The predicted molar refractivity (Wildman–Crippen MR) is 73.6 cm³/mol. The van der Waals surface area contributed by atoms with E-state index in [2.05, 4.69) is 4.74 Å². The molecule has 110 valence electrons. The molecule has 0 aliphatic heterocycles. The topological polar surface area (TPSA) is 89.7 Å². The summed E-state index contributed by atoms with van der Waals surface area (Å²) in [5.41, 5.74) is 0.155. The highest BCUT2D eigenvalue weighted by Crippen LogP contribution is 2.39. The molecule has 0 unspecified atom stereocenters. The Morgan fingerprint density at radius 1 is 1.43 bits per heavy atom. The molecule has 0 saturated carbocycles. The molecule has 6 nitrogen and oxygen atoms in total. The summed E-state index contributed by atoms with van der Waals surface area (Å²) in [4.78, 5) is 22.5. The molecule has 0 radical (unpaired) electrons. The number of ether oxygens (including phenoxy) is 1. The van der Waals surface area contributed by atoms with Crippen LogP contribution in [0.1, 0.15) is 15.2 Å². The van der Waals surface area contributed by atoms with E-state index in [0.717, 1.165) is 30.6 Å². The van der Waals surface area contributed by atoms with Crippen molar-refractivity contribution in [3.05, 3.63) is 50.6 Å². The maximum absolute atomic E-state index is 13.5. The highest BCUT2D eigenvalue weighted by molar-refractivity contribution is 7.15. The van der Waals surface area contributed by atoms with Gasteiger partial charge in [-0.1, -0.05) is 11.3 Å². The highest BCUT2D eigenvalue weighted by Gasteiger charge is 2.25. The number of benzene rings is 1. The second kappa shape index (κ2) is 5.98. The molecule has 1 aromatic heterocycles. The van der Waals surface area contributed by atoms with Crippen LogP contribution in [0.25, 0.3) is 11.1 Å². The first kappa shape index (κ1) is 15.1. The molecule has 21 heavy (non-hydrogen) atoms. The maximum atomic E-state index is 13.5. The molecule has 1 heterocycles. The van der Waals surface area contributed by atoms with E-state index in [-0.39, 0.29) is 28.3 Å². The van der Waals surface area contributed by atoms with E-state index in [0.29, 0.717) is 4.88 Å². The van der Waals surface area contributed by atoms with E-state index >= 15 is 0 Å². The van der Waals surface area contributed by atoms with Crippen LogP contribution in [-0.4, -0.2) is 23.1 Å². The third-order valence-corrected chi connectivity index (χ3v) is 3.83. The smallest absolute Gasteiger partial charge is 0.338 e. The fourth-order valence-corrected chi connectivity index (χ4v) is 2.71. The molecule has 0 aliphatic rings. The lowest BCUT2D eigenvalue weighted by Crippen LogP contribution is -2.04. The van der Waals surface area contributed by atoms with Crippen molar-refractivity contribution in [3.63, 3.8) is 0 Å². The maximum Gasteiger partial charge on any atom is 0.338 e. The number of carbonyl (C=O) groups excluding carboxylic acids is 1. The third kappa shape index (κ3) is 2.91. The molecule has 1 N–H and O–H groups in total. The summed E-state index contributed by atoms with van der Waals surface area (Å²) >= 11 is 0.773. The Bertz CT molecular complexity index is 713. The quantitative estimate of drug-likeness (QED) is 0.532. The Morgan fingerprint density at radius 3 is 2.71 bits per heavy atom. The summed E-state index contributed by atoms with van der Waals surface area (Å²) in [6.45, 7) is -0.381. The fourth-order valence-electron chi connectivity index (χ4n) is 1.87. The van der Waals surface area contributed by atoms with E-state index in [1.54, 1.807) is 0 Å². The van der Waals surface area contributed by atoms with Crippen LogP contribution >= 0.6 is 11.3 Å². The summed E-state index contributed by atoms with van der Waals surface area (Å²) in [5, 5.41) is 19.9. The summed E-state index contributed by atoms with van der Waals surface area (Å²) in [7, 11) is 1.16. The molecule has 2 aromatic rings. The Hall–Kier alpha value is -2.32. The van der Waals surface area contributed by atoms with Crippen LogP contribution < -0.4 is 0 Å². The van der Waals surface area contributed by atoms with Crippen LogP contribution in [0.2, 0.25) is 0 Å². The second-order valence-corrected chi connectivity index (χ2v) is 5.14. The minimum atomic E-state index is -0.726. The van der Waals surface area contributed by atoms with Crippen molar-refractivity contribution in [1.29, 1.82) is 0 Å². The summed E-state index contributed by atoms with van der Waals surface area (Å²) < 4.78 is 18.0. The molecule has 0 spiro atoms. The minimum absolute atomic E-state index is 0.0179. The molecule has 0 amide bonds. The summed E-state index contributed by atoms with van der Waals surface area (Å²) in [6.07, 6.45) is 0. The number of hydrogen-bond acceptors (Lipinski definition) is 6. The van der Waals surface area contributed by atoms with Crippen molar-refractivity contribution in [1.82, 2.24) is 0 Å². The number of thiophene rings is 1. The van der Waals surface area contributed by atoms with Gasteiger partial charge in [0.25, 0.3) is 0 Å². The second-order valence-electron chi connectivity index (χ2n) is 4.03. The van der Waals surface area contributed by atoms with E-state index in [4.69, 9.17) is 5.11 Å². The first-order valence-electron chi connectivity index (χ1n) is 5.74. The van der Waals surface area contributed by atoms with Crippen molar-refractivity contribution in [2.45, 2.75) is 6.61 Å². The number of nitrogens with zero attached hydrogens (tertiary/aromatic N) is 1. The first-order chi connectivity index (χ1) is 9.97. The molecule has 8 heteroatoms. The Balaban J connectivity index is 2.71. The zero-order chi connectivity index (χ0) is 15.6. The van der Waals surface area contributed by atoms with Crippen molar-refractivity contribution in [2.75, 3.05) is 7.11 Å².